The van der Waals surface area contributed by atoms with Crippen LogP contribution in [-0.4, -0.2) is 11.0 Å². The Hall–Kier alpha value is -1.07. The van der Waals surface area contributed by atoms with E-state index in [-0.39, 0.29) is 20.8 Å². The van der Waals surface area contributed by atoms with Crippen molar-refractivity contribution in [3.05, 3.63) is 33.0 Å². The molecule has 0 bridgehead atoms. The van der Waals surface area contributed by atoms with Crippen molar-refractivity contribution in [2.24, 2.45) is 5.73 Å². The van der Waals surface area contributed by atoms with E-state index < -0.39 is 11.7 Å². The van der Waals surface area contributed by atoms with E-state index in [1.54, 1.807) is 0 Å². The Balaban J connectivity index is 3.26. The van der Waals surface area contributed by atoms with Crippen molar-refractivity contribution >= 4 is 39.5 Å². The first-order valence-corrected chi connectivity index (χ1v) is 4.94. The molecule has 0 aliphatic rings. The zero-order valence-electron chi connectivity index (χ0n) is 7.30. The van der Waals surface area contributed by atoms with Gasteiger partial charge in [-0.1, -0.05) is 11.6 Å². The largest absolute Gasteiger partial charge is 0.506 e. The van der Waals surface area contributed by atoms with Gasteiger partial charge in [-0.25, -0.2) is 4.39 Å². The number of phenolic OH excluding ortho intramolecular Hbond substituents is 1. The number of aromatic hydroxyl groups is 1. The van der Waals surface area contributed by atoms with Crippen LogP contribution in [0, 0.1) is 5.82 Å². The molecule has 1 rings (SSSR count). The molecule has 0 saturated carbocycles. The van der Waals surface area contributed by atoms with Crippen molar-refractivity contribution in [1.29, 1.82) is 0 Å². The highest BCUT2D eigenvalue weighted by Gasteiger charge is 2.13. The fraction of sp³-hybridized carbons (Fsp3) is 0. The van der Waals surface area contributed by atoms with Gasteiger partial charge in [0.05, 0.1) is 9.50 Å². The van der Waals surface area contributed by atoms with Crippen LogP contribution in [0.4, 0.5) is 4.39 Å². The first-order chi connectivity index (χ1) is 6.93. The highest BCUT2D eigenvalue weighted by atomic mass is 79.9. The van der Waals surface area contributed by atoms with Gasteiger partial charge in [-0.3, -0.25) is 4.79 Å². The molecule has 0 aromatic heterocycles. The quantitative estimate of drug-likeness (QED) is 0.650. The zero-order valence-corrected chi connectivity index (χ0v) is 9.64. The maximum atomic E-state index is 13.1. The van der Waals surface area contributed by atoms with E-state index in [2.05, 4.69) is 15.9 Å². The van der Waals surface area contributed by atoms with Gasteiger partial charge in [-0.05, 0) is 28.1 Å². The fourth-order valence-electron chi connectivity index (χ4n) is 0.903. The van der Waals surface area contributed by atoms with Gasteiger partial charge in [0.2, 0.25) is 5.91 Å². The fourth-order valence-corrected chi connectivity index (χ4v) is 1.67. The van der Waals surface area contributed by atoms with E-state index in [1.807, 2.05) is 0 Å². The molecular weight excluding hydrogens is 288 g/mol. The summed E-state index contributed by atoms with van der Waals surface area (Å²) in [7, 11) is 0. The van der Waals surface area contributed by atoms with Crippen molar-refractivity contribution in [3.8, 4) is 5.75 Å². The first-order valence-electron chi connectivity index (χ1n) is 3.77. The van der Waals surface area contributed by atoms with Gasteiger partial charge in [0.15, 0.2) is 5.82 Å². The third-order valence-electron chi connectivity index (χ3n) is 1.59. The minimum absolute atomic E-state index is 0.154. The number of rotatable bonds is 2. The van der Waals surface area contributed by atoms with Crippen LogP contribution in [0.5, 0.6) is 5.75 Å². The molecule has 1 amide bonds. The Morgan fingerprint density at radius 1 is 1.67 bits per heavy atom. The molecule has 0 heterocycles. The highest BCUT2D eigenvalue weighted by molar-refractivity contribution is 9.10. The normalized spacial score (nSPS) is 10.9. The van der Waals surface area contributed by atoms with Crippen LogP contribution < -0.4 is 5.73 Å². The lowest BCUT2D eigenvalue weighted by atomic mass is 10.2. The van der Waals surface area contributed by atoms with Crippen molar-refractivity contribution in [1.82, 2.24) is 0 Å². The molecule has 0 atom stereocenters. The topological polar surface area (TPSA) is 63.3 Å². The Morgan fingerprint density at radius 3 is 2.80 bits per heavy atom. The van der Waals surface area contributed by atoms with Crippen molar-refractivity contribution in [3.63, 3.8) is 0 Å². The number of carbonyl (C=O) groups excluding carboxylic acids is 1. The average Bonchev–Trinajstić information content (AvgIpc) is 2.18. The zero-order chi connectivity index (χ0) is 11.6. The Kier molecular flexibility index (Phi) is 3.71. The lowest BCUT2D eigenvalue weighted by Gasteiger charge is -2.04. The van der Waals surface area contributed by atoms with Gasteiger partial charge < -0.3 is 10.8 Å². The third-order valence-corrected chi connectivity index (χ3v) is 2.59. The van der Waals surface area contributed by atoms with E-state index >= 15 is 0 Å². The molecule has 0 saturated heterocycles. The molecule has 15 heavy (non-hydrogen) atoms. The Bertz CT molecular complexity index is 448. The van der Waals surface area contributed by atoms with Crippen LogP contribution in [0.25, 0.3) is 6.08 Å². The van der Waals surface area contributed by atoms with Gasteiger partial charge in [0.1, 0.15) is 5.75 Å². The Labute approximate surface area is 98.5 Å². The molecule has 0 radical (unpaired) electrons. The number of hydrogen-bond acceptors (Lipinski definition) is 2. The smallest absolute Gasteiger partial charge is 0.241 e. The summed E-state index contributed by atoms with van der Waals surface area (Å²) in [6, 6.07) is 1.19. The predicted molar refractivity (Wildman–Crippen MR) is 59.0 cm³/mol. The van der Waals surface area contributed by atoms with Crippen LogP contribution in [0.2, 0.25) is 5.02 Å². The number of amides is 1. The summed E-state index contributed by atoms with van der Waals surface area (Å²) < 4.78 is 13.0. The second-order valence-electron chi connectivity index (χ2n) is 2.66. The van der Waals surface area contributed by atoms with Crippen molar-refractivity contribution in [2.75, 3.05) is 0 Å². The molecule has 3 N–H and O–H groups in total. The van der Waals surface area contributed by atoms with E-state index in [1.165, 1.54) is 12.1 Å². The number of phenols is 1. The van der Waals surface area contributed by atoms with E-state index in [0.29, 0.717) is 0 Å². The molecule has 0 spiro atoms. The second kappa shape index (κ2) is 4.63. The number of benzene rings is 1. The minimum Gasteiger partial charge on any atom is -0.506 e. The number of hydrogen-bond donors (Lipinski definition) is 2. The van der Waals surface area contributed by atoms with Gasteiger partial charge in [-0.15, -0.1) is 0 Å². The molecular formula is C9H6BrClFNO2. The van der Waals surface area contributed by atoms with E-state index in [4.69, 9.17) is 17.3 Å². The second-order valence-corrected chi connectivity index (χ2v) is 3.86. The van der Waals surface area contributed by atoms with E-state index in [9.17, 15) is 14.3 Å². The summed E-state index contributed by atoms with van der Waals surface area (Å²) in [4.78, 5) is 10.5. The number of halogens is 3. The van der Waals surface area contributed by atoms with Crippen LogP contribution in [-0.2, 0) is 4.79 Å². The third kappa shape index (κ3) is 2.70. The molecule has 1 aromatic rings. The number of primary amides is 1. The number of carbonyl (C=O) groups is 1. The predicted octanol–water partition coefficient (Wildman–Crippen LogP) is 2.45. The average molecular weight is 295 g/mol. The lowest BCUT2D eigenvalue weighted by molar-refractivity contribution is -0.113. The SMILES string of the molecule is NC(=O)/C=C/c1cc(Cl)c(F)c(Br)c1O. The van der Waals surface area contributed by atoms with Crippen molar-refractivity contribution in [2.45, 2.75) is 0 Å². The Morgan fingerprint density at radius 2 is 2.27 bits per heavy atom. The lowest BCUT2D eigenvalue weighted by Crippen LogP contribution is -2.05. The molecule has 6 heteroatoms. The summed E-state index contributed by atoms with van der Waals surface area (Å²) >= 11 is 8.37. The molecule has 0 aliphatic carbocycles. The molecule has 0 aliphatic heterocycles. The summed E-state index contributed by atoms with van der Waals surface area (Å²) in [5.41, 5.74) is 5.07. The monoisotopic (exact) mass is 293 g/mol. The first kappa shape index (κ1) is 12.0. The standard InChI is InChI=1S/C9H6BrClFNO2/c10-7-8(12)5(11)3-4(9(7)15)1-2-6(13)14/h1-3,15H,(H2,13,14)/b2-1+. The summed E-state index contributed by atoms with van der Waals surface area (Å²) in [6.07, 6.45) is 2.28. The van der Waals surface area contributed by atoms with Gasteiger partial charge in [0.25, 0.3) is 0 Å². The van der Waals surface area contributed by atoms with Crippen molar-refractivity contribution < 1.29 is 14.3 Å². The van der Waals surface area contributed by atoms with Crippen LogP contribution in [0.1, 0.15) is 5.56 Å². The van der Waals surface area contributed by atoms with E-state index in [0.717, 1.165) is 6.08 Å². The minimum atomic E-state index is -0.759. The maximum absolute atomic E-state index is 13.1. The summed E-state index contributed by atoms with van der Waals surface area (Å²) in [5.74, 6) is -1.77. The van der Waals surface area contributed by atoms with Gasteiger partial charge in [0, 0.05) is 11.6 Å². The maximum Gasteiger partial charge on any atom is 0.241 e. The molecule has 0 fully saturated rings. The highest BCUT2D eigenvalue weighted by Crippen LogP contribution is 2.35. The molecule has 1 aromatic carbocycles. The van der Waals surface area contributed by atoms with Gasteiger partial charge in [-0.2, -0.15) is 0 Å². The van der Waals surface area contributed by atoms with Gasteiger partial charge >= 0.3 is 0 Å². The number of nitrogens with two attached hydrogens (primary N) is 1. The molecule has 3 nitrogen and oxygen atoms in total. The molecule has 80 valence electrons. The van der Waals surface area contributed by atoms with Crippen LogP contribution in [0.3, 0.4) is 0 Å². The summed E-state index contributed by atoms with van der Waals surface area (Å²) in [6.45, 7) is 0. The summed E-state index contributed by atoms with van der Waals surface area (Å²) in [5, 5.41) is 9.30. The van der Waals surface area contributed by atoms with Crippen LogP contribution >= 0.6 is 27.5 Å². The van der Waals surface area contributed by atoms with Crippen LogP contribution in [0.15, 0.2) is 16.6 Å². The molecule has 0 unspecified atom stereocenters.